The molecule has 1 aliphatic heterocycles. The number of benzene rings is 2. The summed E-state index contributed by atoms with van der Waals surface area (Å²) in [6, 6.07) is 27.5. The molecule has 0 saturated carbocycles. The number of nitrogens with zero attached hydrogens (tertiary/aromatic N) is 3. The lowest BCUT2D eigenvalue weighted by atomic mass is 9.95. The van der Waals surface area contributed by atoms with Crippen molar-refractivity contribution in [3.63, 3.8) is 0 Å². The van der Waals surface area contributed by atoms with E-state index in [9.17, 15) is 9.59 Å². The van der Waals surface area contributed by atoms with Crippen LogP contribution in [0.25, 0.3) is 6.08 Å². The number of amides is 1. The maximum atomic E-state index is 13.8. The molecule has 0 fully saturated rings. The molecule has 4 heterocycles. The van der Waals surface area contributed by atoms with E-state index in [0.717, 1.165) is 10.6 Å². The lowest BCUT2D eigenvalue weighted by Crippen LogP contribution is -2.40. The molecule has 1 amide bonds. The molecule has 0 spiro atoms. The molecule has 0 saturated heterocycles. The van der Waals surface area contributed by atoms with Crippen molar-refractivity contribution >= 4 is 40.8 Å². The smallest absolute Gasteiger partial charge is 0.271 e. The summed E-state index contributed by atoms with van der Waals surface area (Å²) in [5.74, 6) is 0.250. The van der Waals surface area contributed by atoms with Gasteiger partial charge >= 0.3 is 0 Å². The zero-order valence-corrected chi connectivity index (χ0v) is 22.4. The first kappa shape index (κ1) is 24.8. The van der Waals surface area contributed by atoms with Crippen LogP contribution in [0, 0.1) is 0 Å². The molecule has 1 atom stereocenters. The Morgan fingerprint density at radius 1 is 1.00 bits per heavy atom. The van der Waals surface area contributed by atoms with E-state index in [2.05, 4.69) is 15.3 Å². The van der Waals surface area contributed by atoms with Crippen LogP contribution in [0.1, 0.15) is 24.3 Å². The van der Waals surface area contributed by atoms with E-state index in [1.165, 1.54) is 23.1 Å². The zero-order chi connectivity index (χ0) is 26.8. The number of pyridine rings is 1. The van der Waals surface area contributed by atoms with E-state index in [1.807, 2.05) is 91.0 Å². The second-order valence-electron chi connectivity index (χ2n) is 8.74. The fourth-order valence-corrected chi connectivity index (χ4v) is 6.16. The van der Waals surface area contributed by atoms with E-state index >= 15 is 0 Å². The van der Waals surface area contributed by atoms with Gasteiger partial charge in [0.15, 0.2) is 9.89 Å². The number of hydrogen-bond acceptors (Lipinski definition) is 7. The molecule has 0 radical (unpaired) electrons. The summed E-state index contributed by atoms with van der Waals surface area (Å²) in [5, 5.41) is 4.45. The molecule has 5 aromatic rings. The normalized spacial score (nSPS) is 15.1. The van der Waals surface area contributed by atoms with Crippen LogP contribution in [-0.4, -0.2) is 15.5 Å². The van der Waals surface area contributed by atoms with E-state index in [0.29, 0.717) is 37.1 Å². The lowest BCUT2D eigenvalue weighted by Gasteiger charge is -2.25. The molecule has 3 aromatic heterocycles. The monoisotopic (exact) mass is 550 g/mol. The third kappa shape index (κ3) is 5.14. The molecule has 7 nitrogen and oxygen atoms in total. The maximum absolute atomic E-state index is 13.8. The lowest BCUT2D eigenvalue weighted by molar-refractivity contribution is -0.113. The largest absolute Gasteiger partial charge is 0.450 e. The molecule has 0 aliphatic carbocycles. The predicted molar refractivity (Wildman–Crippen MR) is 152 cm³/mol. The van der Waals surface area contributed by atoms with Crippen molar-refractivity contribution < 1.29 is 9.21 Å². The zero-order valence-electron chi connectivity index (χ0n) is 20.8. The highest BCUT2D eigenvalue weighted by Gasteiger charge is 2.32. The van der Waals surface area contributed by atoms with Crippen molar-refractivity contribution in [1.82, 2.24) is 9.55 Å². The van der Waals surface area contributed by atoms with Crippen molar-refractivity contribution in [3.05, 3.63) is 139 Å². The van der Waals surface area contributed by atoms with Crippen LogP contribution >= 0.6 is 23.1 Å². The minimum atomic E-state index is -0.625. The Kier molecular flexibility index (Phi) is 6.83. The molecule has 39 heavy (non-hydrogen) atoms. The van der Waals surface area contributed by atoms with Crippen molar-refractivity contribution in [2.45, 2.75) is 23.1 Å². The van der Waals surface area contributed by atoms with Gasteiger partial charge in [-0.2, -0.15) is 0 Å². The molecule has 1 N–H and O–H groups in total. The Bertz CT molecular complexity index is 1860. The minimum absolute atomic E-state index is 0.236. The molecule has 2 aromatic carbocycles. The Hall–Kier alpha value is -4.47. The number of carbonyl (C=O) groups excluding carboxylic acids is 1. The molecule has 0 unspecified atom stereocenters. The van der Waals surface area contributed by atoms with Crippen molar-refractivity contribution in [3.8, 4) is 0 Å². The van der Waals surface area contributed by atoms with Crippen molar-refractivity contribution in [2.24, 2.45) is 4.99 Å². The fourth-order valence-electron chi connectivity index (χ4n) is 4.39. The summed E-state index contributed by atoms with van der Waals surface area (Å²) >= 11 is 2.68. The van der Waals surface area contributed by atoms with Gasteiger partial charge in [-0.15, -0.1) is 0 Å². The summed E-state index contributed by atoms with van der Waals surface area (Å²) in [6.45, 7) is 1.81. The van der Waals surface area contributed by atoms with Gasteiger partial charge in [-0.25, -0.2) is 9.98 Å². The van der Waals surface area contributed by atoms with Gasteiger partial charge in [0.25, 0.3) is 11.5 Å². The van der Waals surface area contributed by atoms with Gasteiger partial charge in [0.2, 0.25) is 0 Å². The van der Waals surface area contributed by atoms with Gasteiger partial charge in [0, 0.05) is 18.0 Å². The van der Waals surface area contributed by atoms with Crippen LogP contribution in [0.3, 0.4) is 0 Å². The number of thiazole rings is 1. The number of nitrogens with one attached hydrogen (secondary N) is 1. The first-order chi connectivity index (χ1) is 19.1. The highest BCUT2D eigenvalue weighted by Crippen LogP contribution is 2.31. The van der Waals surface area contributed by atoms with Crippen LogP contribution in [-0.2, 0) is 4.79 Å². The van der Waals surface area contributed by atoms with Crippen LogP contribution in [0.2, 0.25) is 0 Å². The average Bonchev–Trinajstić information content (AvgIpc) is 3.52. The molecular weight excluding hydrogens is 528 g/mol. The molecule has 192 valence electrons. The number of furan rings is 1. The molecule has 9 heteroatoms. The molecule has 0 bridgehead atoms. The summed E-state index contributed by atoms with van der Waals surface area (Å²) in [5.41, 5.74) is 2.25. The third-order valence-electron chi connectivity index (χ3n) is 6.13. The maximum Gasteiger partial charge on any atom is 0.271 e. The van der Waals surface area contributed by atoms with Crippen molar-refractivity contribution in [1.29, 1.82) is 0 Å². The van der Waals surface area contributed by atoms with Crippen LogP contribution in [0.15, 0.2) is 133 Å². The summed E-state index contributed by atoms with van der Waals surface area (Å²) in [4.78, 5) is 36.9. The standard InChI is InChI=1S/C30H22N4O3S2/c1-19-26(28(35)33-21-12-6-3-7-13-21)27(20-10-4-2-5-11-20)34-29(36)23(38-30(34)32-19)18-22-15-16-25(37-22)39-24-14-8-9-17-31-24/h2-18,27H,1H3,(H,33,35)/b23-18-/t27-/m1/s1. The second kappa shape index (κ2) is 10.7. The Morgan fingerprint density at radius 3 is 2.49 bits per heavy atom. The quantitative estimate of drug-likeness (QED) is 0.321. The van der Waals surface area contributed by atoms with Gasteiger partial charge < -0.3 is 9.73 Å². The number of allylic oxidation sites excluding steroid dienone is 1. The van der Waals surface area contributed by atoms with Gasteiger partial charge in [-0.05, 0) is 60.6 Å². The average molecular weight is 551 g/mol. The van der Waals surface area contributed by atoms with E-state index in [-0.39, 0.29) is 11.5 Å². The number of aromatic nitrogens is 2. The van der Waals surface area contributed by atoms with Crippen LogP contribution < -0.4 is 20.2 Å². The predicted octanol–water partition coefficient (Wildman–Crippen LogP) is 5.01. The highest BCUT2D eigenvalue weighted by atomic mass is 32.2. The Balaban J connectivity index is 1.40. The van der Waals surface area contributed by atoms with Gasteiger partial charge in [-0.3, -0.25) is 14.2 Å². The molecule has 6 rings (SSSR count). The highest BCUT2D eigenvalue weighted by molar-refractivity contribution is 7.99. The van der Waals surface area contributed by atoms with E-state index in [1.54, 1.807) is 23.8 Å². The molecule has 1 aliphatic rings. The molecular formula is C30H22N4O3S2. The number of hydrogen-bond donors (Lipinski definition) is 1. The number of rotatable bonds is 6. The first-order valence-electron chi connectivity index (χ1n) is 12.2. The van der Waals surface area contributed by atoms with Crippen LogP contribution in [0.4, 0.5) is 5.69 Å². The van der Waals surface area contributed by atoms with E-state index < -0.39 is 6.04 Å². The summed E-state index contributed by atoms with van der Waals surface area (Å²) < 4.78 is 8.03. The number of fused-ring (bicyclic) bond motifs is 1. The van der Waals surface area contributed by atoms with Gasteiger partial charge in [0.05, 0.1) is 21.8 Å². The van der Waals surface area contributed by atoms with E-state index in [4.69, 9.17) is 4.42 Å². The van der Waals surface area contributed by atoms with Crippen molar-refractivity contribution in [2.75, 3.05) is 5.32 Å². The number of anilines is 1. The minimum Gasteiger partial charge on any atom is -0.450 e. The SMILES string of the molecule is CC1=C(C(=O)Nc2ccccc2)[C@@H](c2ccccc2)n2c(s/c(=C\c3ccc(Sc4ccccn4)o3)c2=O)=N1. The number of para-hydroxylation sites is 1. The van der Waals surface area contributed by atoms with Gasteiger partial charge in [0.1, 0.15) is 10.8 Å². The summed E-state index contributed by atoms with van der Waals surface area (Å²) in [6.07, 6.45) is 3.45. The Morgan fingerprint density at radius 2 is 1.74 bits per heavy atom. The Labute approximate surface area is 231 Å². The third-order valence-corrected chi connectivity index (χ3v) is 7.99. The topological polar surface area (TPSA) is 89.5 Å². The van der Waals surface area contributed by atoms with Crippen LogP contribution in [0.5, 0.6) is 0 Å². The fraction of sp³-hybridized carbons (Fsp3) is 0.0667. The number of carbonyl (C=O) groups is 1. The first-order valence-corrected chi connectivity index (χ1v) is 13.8. The van der Waals surface area contributed by atoms with Gasteiger partial charge in [-0.1, -0.05) is 65.9 Å². The summed E-state index contributed by atoms with van der Waals surface area (Å²) in [7, 11) is 0. The second-order valence-corrected chi connectivity index (χ2v) is 10.8.